The molecule has 0 aromatic heterocycles. The molecule has 1 aromatic carbocycles. The van der Waals surface area contributed by atoms with Crippen molar-refractivity contribution in [2.75, 3.05) is 19.6 Å². The van der Waals surface area contributed by atoms with Crippen LogP contribution in [0.5, 0.6) is 0 Å². The van der Waals surface area contributed by atoms with Gasteiger partial charge in [0.2, 0.25) is 11.8 Å². The summed E-state index contributed by atoms with van der Waals surface area (Å²) in [6.07, 6.45) is 4.45. The number of hydrogen-bond acceptors (Lipinski definition) is 2. The minimum atomic E-state index is -0.382. The van der Waals surface area contributed by atoms with E-state index < -0.39 is 0 Å². The van der Waals surface area contributed by atoms with Crippen LogP contribution in [0.25, 0.3) is 0 Å². The van der Waals surface area contributed by atoms with Gasteiger partial charge < -0.3 is 10.2 Å². The maximum atomic E-state index is 12.6. The average Bonchev–Trinajstić information content (AvgIpc) is 3.36. The van der Waals surface area contributed by atoms with Crippen molar-refractivity contribution in [3.63, 3.8) is 0 Å². The Morgan fingerprint density at radius 1 is 1.38 bits per heavy atom. The zero-order valence-corrected chi connectivity index (χ0v) is 15.8. The lowest BCUT2D eigenvalue weighted by Crippen LogP contribution is -2.41. The number of halogens is 1. The van der Waals surface area contributed by atoms with Gasteiger partial charge in [-0.3, -0.25) is 9.59 Å². The van der Waals surface area contributed by atoms with Gasteiger partial charge in [0.1, 0.15) is 0 Å². The molecule has 1 atom stereocenters. The van der Waals surface area contributed by atoms with Crippen LogP contribution in [-0.2, 0) is 15.0 Å². The van der Waals surface area contributed by atoms with Crippen LogP contribution in [0.1, 0.15) is 44.6 Å². The number of hydrogen-bond donors (Lipinski definition) is 1. The van der Waals surface area contributed by atoms with E-state index in [9.17, 15) is 9.59 Å². The summed E-state index contributed by atoms with van der Waals surface area (Å²) in [5.41, 5.74) is 0.678. The number of nitrogens with one attached hydrogen (secondary N) is 1. The number of carbonyl (C=O) groups excluding carboxylic acids is 2. The van der Waals surface area contributed by atoms with Crippen LogP contribution in [0, 0.1) is 5.92 Å². The van der Waals surface area contributed by atoms with Gasteiger partial charge in [0.05, 0.1) is 5.41 Å². The van der Waals surface area contributed by atoms with E-state index in [1.165, 1.54) is 6.42 Å². The zero-order valence-electron chi connectivity index (χ0n) is 14.2. The minimum absolute atomic E-state index is 0.0559. The molecule has 2 fully saturated rings. The summed E-state index contributed by atoms with van der Waals surface area (Å²) >= 11 is 3.47. The van der Waals surface area contributed by atoms with E-state index in [1.54, 1.807) is 0 Å². The van der Waals surface area contributed by atoms with Crippen molar-refractivity contribution in [1.82, 2.24) is 10.2 Å². The van der Waals surface area contributed by atoms with Gasteiger partial charge in [0.15, 0.2) is 0 Å². The number of rotatable bonds is 5. The minimum Gasteiger partial charge on any atom is -0.355 e. The lowest BCUT2D eigenvalue weighted by atomic mass is 9.95. The molecule has 1 saturated heterocycles. The van der Waals surface area contributed by atoms with Crippen molar-refractivity contribution >= 4 is 27.7 Å². The fourth-order valence-corrected chi connectivity index (χ4v) is 3.98. The van der Waals surface area contributed by atoms with Crippen molar-refractivity contribution in [1.29, 1.82) is 0 Å². The first kappa shape index (κ1) is 17.5. The van der Waals surface area contributed by atoms with E-state index in [2.05, 4.69) is 28.2 Å². The van der Waals surface area contributed by atoms with Gasteiger partial charge in [0, 0.05) is 30.5 Å². The van der Waals surface area contributed by atoms with Gasteiger partial charge in [0.25, 0.3) is 0 Å². The average molecular weight is 393 g/mol. The fourth-order valence-electron chi connectivity index (χ4n) is 3.58. The van der Waals surface area contributed by atoms with Crippen molar-refractivity contribution in [3.8, 4) is 0 Å². The number of carbonyl (C=O) groups is 2. The third-order valence-electron chi connectivity index (χ3n) is 5.20. The van der Waals surface area contributed by atoms with E-state index in [0.717, 1.165) is 42.4 Å². The monoisotopic (exact) mass is 392 g/mol. The van der Waals surface area contributed by atoms with Crippen LogP contribution in [0.15, 0.2) is 28.7 Å². The molecule has 0 bridgehead atoms. The molecular weight excluding hydrogens is 368 g/mol. The van der Waals surface area contributed by atoms with Crippen molar-refractivity contribution in [2.45, 2.75) is 44.4 Å². The lowest BCUT2D eigenvalue weighted by molar-refractivity contribution is -0.133. The van der Waals surface area contributed by atoms with Crippen molar-refractivity contribution in [3.05, 3.63) is 34.3 Å². The third-order valence-corrected chi connectivity index (χ3v) is 5.69. The Hall–Kier alpha value is -1.36. The Kier molecular flexibility index (Phi) is 5.28. The molecule has 1 N–H and O–H groups in total. The van der Waals surface area contributed by atoms with Gasteiger partial charge in [-0.15, -0.1) is 0 Å². The van der Waals surface area contributed by atoms with E-state index in [0.29, 0.717) is 18.9 Å². The Morgan fingerprint density at radius 3 is 2.83 bits per heavy atom. The van der Waals surface area contributed by atoms with E-state index in [-0.39, 0.29) is 17.2 Å². The molecule has 1 aromatic rings. The van der Waals surface area contributed by atoms with E-state index >= 15 is 0 Å². The highest BCUT2D eigenvalue weighted by molar-refractivity contribution is 9.10. The molecule has 1 saturated carbocycles. The van der Waals surface area contributed by atoms with Crippen LogP contribution >= 0.6 is 15.9 Å². The Bertz CT molecular complexity index is 628. The van der Waals surface area contributed by atoms with Crippen LogP contribution < -0.4 is 5.32 Å². The molecule has 1 aliphatic carbocycles. The van der Waals surface area contributed by atoms with Crippen molar-refractivity contribution in [2.24, 2.45) is 5.92 Å². The van der Waals surface area contributed by atoms with Crippen LogP contribution in [-0.4, -0.2) is 36.3 Å². The summed E-state index contributed by atoms with van der Waals surface area (Å²) in [7, 11) is 0. The topological polar surface area (TPSA) is 49.4 Å². The Balaban J connectivity index is 1.50. The quantitative estimate of drug-likeness (QED) is 0.835. The largest absolute Gasteiger partial charge is 0.355 e. The first-order chi connectivity index (χ1) is 11.5. The third kappa shape index (κ3) is 3.82. The van der Waals surface area contributed by atoms with Gasteiger partial charge in [-0.2, -0.15) is 0 Å². The van der Waals surface area contributed by atoms with E-state index in [1.807, 2.05) is 29.2 Å². The molecule has 1 aliphatic heterocycles. The molecule has 0 radical (unpaired) electrons. The lowest BCUT2D eigenvalue weighted by Gasteiger charge is -2.31. The Morgan fingerprint density at radius 2 is 2.17 bits per heavy atom. The standard InChI is InChI=1S/C19H25BrN2O2/c1-14-4-3-11-22(13-14)17(23)7-10-21-18(24)19(8-9-19)15-5-2-6-16(20)12-15/h2,5-6,12,14H,3-4,7-11,13H2,1H3,(H,21,24). The molecule has 130 valence electrons. The molecule has 1 unspecified atom stereocenters. The molecule has 1 heterocycles. The number of benzene rings is 1. The van der Waals surface area contributed by atoms with Gasteiger partial charge >= 0.3 is 0 Å². The van der Waals surface area contributed by atoms with Gasteiger partial charge in [-0.1, -0.05) is 35.0 Å². The summed E-state index contributed by atoms with van der Waals surface area (Å²) < 4.78 is 0.994. The summed E-state index contributed by atoms with van der Waals surface area (Å²) in [6, 6.07) is 7.97. The second-order valence-corrected chi connectivity index (χ2v) is 8.10. The highest BCUT2D eigenvalue weighted by atomic mass is 79.9. The summed E-state index contributed by atoms with van der Waals surface area (Å²) in [6.45, 7) is 4.34. The molecule has 0 spiro atoms. The molecular formula is C19H25BrN2O2. The summed E-state index contributed by atoms with van der Waals surface area (Å²) in [4.78, 5) is 26.8. The van der Waals surface area contributed by atoms with Gasteiger partial charge in [-0.25, -0.2) is 0 Å². The summed E-state index contributed by atoms with van der Waals surface area (Å²) in [5, 5.41) is 2.98. The molecule has 2 aliphatic rings. The van der Waals surface area contributed by atoms with E-state index in [4.69, 9.17) is 0 Å². The highest BCUT2D eigenvalue weighted by Crippen LogP contribution is 2.48. The molecule has 24 heavy (non-hydrogen) atoms. The second-order valence-electron chi connectivity index (χ2n) is 7.19. The van der Waals surface area contributed by atoms with Crippen LogP contribution in [0.4, 0.5) is 0 Å². The Labute approximate surface area is 152 Å². The van der Waals surface area contributed by atoms with Crippen LogP contribution in [0.2, 0.25) is 0 Å². The molecule has 3 rings (SSSR count). The maximum absolute atomic E-state index is 12.6. The molecule has 5 heteroatoms. The smallest absolute Gasteiger partial charge is 0.230 e. The first-order valence-electron chi connectivity index (χ1n) is 8.83. The van der Waals surface area contributed by atoms with Gasteiger partial charge in [-0.05, 0) is 49.3 Å². The number of amides is 2. The fraction of sp³-hybridized carbons (Fsp3) is 0.579. The normalized spacial score (nSPS) is 22.1. The van der Waals surface area contributed by atoms with Crippen LogP contribution in [0.3, 0.4) is 0 Å². The summed E-state index contributed by atoms with van der Waals surface area (Å²) in [5.74, 6) is 0.804. The van der Waals surface area contributed by atoms with Crippen molar-refractivity contribution < 1.29 is 9.59 Å². The second kappa shape index (κ2) is 7.26. The predicted octanol–water partition coefficient (Wildman–Crippen LogP) is 3.25. The highest BCUT2D eigenvalue weighted by Gasteiger charge is 2.51. The number of piperidine rings is 1. The number of nitrogens with zero attached hydrogens (tertiary/aromatic N) is 1. The molecule has 2 amide bonds. The SMILES string of the molecule is CC1CCCN(C(=O)CCNC(=O)C2(c3cccc(Br)c3)CC2)C1. The maximum Gasteiger partial charge on any atom is 0.230 e. The number of likely N-dealkylation sites (tertiary alicyclic amines) is 1. The zero-order chi connectivity index (χ0) is 17.2. The molecule has 4 nitrogen and oxygen atoms in total. The predicted molar refractivity (Wildman–Crippen MR) is 97.7 cm³/mol. The first-order valence-corrected chi connectivity index (χ1v) is 9.63.